The van der Waals surface area contributed by atoms with E-state index in [0.717, 1.165) is 23.3 Å². The molecule has 1 saturated carbocycles. The van der Waals surface area contributed by atoms with E-state index in [1.165, 1.54) is 59.7 Å². The molecule has 0 aliphatic heterocycles. The largest absolute Gasteiger partial charge is 0.480 e. The van der Waals surface area contributed by atoms with Gasteiger partial charge in [-0.05, 0) is 86.3 Å². The van der Waals surface area contributed by atoms with Crippen LogP contribution in [-0.4, -0.2) is 51.5 Å². The first-order valence-corrected chi connectivity index (χ1v) is 17.6. The number of carboxylic acids is 1. The Morgan fingerprint density at radius 2 is 1.60 bits per heavy atom. The van der Waals surface area contributed by atoms with Crippen molar-refractivity contribution < 1.29 is 27.9 Å². The number of carbonyl (C=O) groups excluding carboxylic acids is 1. The Morgan fingerprint density at radius 1 is 0.957 bits per heavy atom. The van der Waals surface area contributed by atoms with Crippen LogP contribution in [0.4, 0.5) is 10.6 Å². The molecule has 11 heteroatoms. The molecule has 3 aromatic rings. The van der Waals surface area contributed by atoms with Crippen molar-refractivity contribution in [2.45, 2.75) is 116 Å². The number of nitrogens with zero attached hydrogens (tertiary/aromatic N) is 4. The van der Waals surface area contributed by atoms with Crippen molar-refractivity contribution in [3.63, 3.8) is 0 Å². The number of carbonyl (C=O) groups is 2. The first-order chi connectivity index (χ1) is 22.0. The molecule has 10 nitrogen and oxygen atoms in total. The third kappa shape index (κ3) is 8.96. The van der Waals surface area contributed by atoms with Gasteiger partial charge >= 0.3 is 12.1 Å². The van der Waals surface area contributed by atoms with E-state index in [1.807, 2.05) is 12.1 Å². The number of carboxylic acid groups (broad SMARTS) is 1. The number of aromatic nitrogens is 2. The van der Waals surface area contributed by atoms with Gasteiger partial charge in [0.05, 0.1) is 17.1 Å². The second-order valence-corrected chi connectivity index (χ2v) is 16.4. The van der Waals surface area contributed by atoms with Crippen molar-refractivity contribution in [1.82, 2.24) is 14.3 Å². The summed E-state index contributed by atoms with van der Waals surface area (Å²) in [5.41, 5.74) is 0.902. The molecule has 0 spiro atoms. The van der Waals surface area contributed by atoms with Gasteiger partial charge in [0.1, 0.15) is 17.5 Å². The van der Waals surface area contributed by atoms with Crippen LogP contribution in [0, 0.1) is 5.41 Å². The van der Waals surface area contributed by atoms with Gasteiger partial charge in [0.15, 0.2) is 0 Å². The molecule has 4 rings (SSSR count). The van der Waals surface area contributed by atoms with Crippen LogP contribution in [0.5, 0.6) is 0 Å². The number of rotatable bonds is 13. The van der Waals surface area contributed by atoms with Crippen molar-refractivity contribution >= 4 is 27.9 Å². The molecule has 254 valence electrons. The zero-order valence-electron chi connectivity index (χ0n) is 28.6. The van der Waals surface area contributed by atoms with Crippen LogP contribution in [0.25, 0.3) is 0 Å². The maximum absolute atomic E-state index is 14.0. The number of aliphatic carboxylic acids is 1. The number of unbranched alkanes of at least 4 members (excludes halogenated alkanes) is 1. The summed E-state index contributed by atoms with van der Waals surface area (Å²) < 4.78 is 35.0. The molecule has 2 aromatic heterocycles. The monoisotopic (exact) mass is 664 g/mol. The lowest BCUT2D eigenvalue weighted by Gasteiger charge is -2.37. The molecule has 0 radical (unpaired) electrons. The highest BCUT2D eigenvalue weighted by molar-refractivity contribution is 7.89. The van der Waals surface area contributed by atoms with Crippen LogP contribution in [-0.2, 0) is 38.1 Å². The maximum Gasteiger partial charge on any atom is 0.416 e. The lowest BCUT2D eigenvalue weighted by Crippen LogP contribution is -2.54. The summed E-state index contributed by atoms with van der Waals surface area (Å²) in [5, 5.41) is 10.2. The van der Waals surface area contributed by atoms with Gasteiger partial charge in [0, 0.05) is 18.9 Å². The Balaban J connectivity index is 1.71. The molecule has 2 heterocycles. The van der Waals surface area contributed by atoms with Crippen molar-refractivity contribution in [3.05, 3.63) is 83.8 Å². The SMILES string of the molecule is CCCCC1(c2ccc(CN(Cc3cccc(N(C(=O)OC(C)(C)C)C(C(=O)O)C(C)(C)C)n3)S(=O)(=O)c3ccncc3)cc2)CC1. The third-order valence-corrected chi connectivity index (χ3v) is 10.2. The molecule has 1 N–H and O–H groups in total. The van der Waals surface area contributed by atoms with Crippen LogP contribution in [0.2, 0.25) is 0 Å². The fourth-order valence-electron chi connectivity index (χ4n) is 5.78. The molecular weight excluding hydrogens is 616 g/mol. The van der Waals surface area contributed by atoms with E-state index in [-0.39, 0.29) is 29.2 Å². The van der Waals surface area contributed by atoms with Crippen molar-refractivity contribution in [1.29, 1.82) is 0 Å². The van der Waals surface area contributed by atoms with Gasteiger partial charge in [-0.1, -0.05) is 70.9 Å². The zero-order valence-corrected chi connectivity index (χ0v) is 29.4. The van der Waals surface area contributed by atoms with E-state index in [2.05, 4.69) is 29.0 Å². The average Bonchev–Trinajstić information content (AvgIpc) is 3.78. The number of hydrogen-bond acceptors (Lipinski definition) is 7. The van der Waals surface area contributed by atoms with Gasteiger partial charge in [-0.3, -0.25) is 4.98 Å². The lowest BCUT2D eigenvalue weighted by molar-refractivity contribution is -0.141. The van der Waals surface area contributed by atoms with Crippen LogP contribution < -0.4 is 4.90 Å². The Bertz CT molecular complexity index is 1640. The Labute approximate surface area is 279 Å². The molecule has 1 fully saturated rings. The summed E-state index contributed by atoms with van der Waals surface area (Å²) >= 11 is 0. The van der Waals surface area contributed by atoms with E-state index in [1.54, 1.807) is 53.7 Å². The summed E-state index contributed by atoms with van der Waals surface area (Å²) in [6.07, 6.45) is 7.84. The number of ether oxygens (including phenoxy) is 1. The lowest BCUT2D eigenvalue weighted by atomic mass is 9.85. The highest BCUT2D eigenvalue weighted by atomic mass is 32.2. The minimum absolute atomic E-state index is 0.0477. The third-order valence-electron chi connectivity index (χ3n) is 8.36. The summed E-state index contributed by atoms with van der Waals surface area (Å²) in [4.78, 5) is 35.8. The van der Waals surface area contributed by atoms with Gasteiger partial charge in [-0.15, -0.1) is 0 Å². The number of hydrogen-bond donors (Lipinski definition) is 1. The number of pyridine rings is 2. The maximum atomic E-state index is 14.0. The Hall–Kier alpha value is -3.83. The topological polar surface area (TPSA) is 130 Å². The van der Waals surface area contributed by atoms with Crippen LogP contribution >= 0.6 is 0 Å². The predicted octanol–water partition coefficient (Wildman–Crippen LogP) is 7.33. The van der Waals surface area contributed by atoms with E-state index < -0.39 is 39.1 Å². The highest BCUT2D eigenvalue weighted by Gasteiger charge is 2.44. The van der Waals surface area contributed by atoms with E-state index in [9.17, 15) is 23.1 Å². The molecule has 1 atom stereocenters. The molecule has 1 aliphatic rings. The van der Waals surface area contributed by atoms with E-state index in [0.29, 0.717) is 5.69 Å². The summed E-state index contributed by atoms with van der Waals surface area (Å²) in [6.45, 7) is 12.4. The number of sulfonamides is 1. The first-order valence-electron chi connectivity index (χ1n) is 16.2. The molecule has 47 heavy (non-hydrogen) atoms. The molecule has 1 unspecified atom stereocenters. The van der Waals surface area contributed by atoms with Crippen molar-refractivity contribution in [2.75, 3.05) is 4.90 Å². The van der Waals surface area contributed by atoms with Gasteiger partial charge < -0.3 is 9.84 Å². The van der Waals surface area contributed by atoms with Crippen molar-refractivity contribution in [3.8, 4) is 0 Å². The Morgan fingerprint density at radius 3 is 2.13 bits per heavy atom. The summed E-state index contributed by atoms with van der Waals surface area (Å²) in [7, 11) is -4.01. The minimum atomic E-state index is -4.01. The molecule has 1 aromatic carbocycles. The first kappa shape index (κ1) is 36.0. The molecule has 0 bridgehead atoms. The average molecular weight is 665 g/mol. The number of anilines is 1. The summed E-state index contributed by atoms with van der Waals surface area (Å²) in [6, 6.07) is 14.6. The van der Waals surface area contributed by atoms with Gasteiger partial charge in [-0.2, -0.15) is 4.31 Å². The smallest absolute Gasteiger partial charge is 0.416 e. The number of benzene rings is 1. The van der Waals surface area contributed by atoms with Gasteiger partial charge in [-0.25, -0.2) is 27.9 Å². The fourth-order valence-corrected chi connectivity index (χ4v) is 7.17. The fraction of sp³-hybridized carbons (Fsp3) is 0.500. The predicted molar refractivity (Wildman–Crippen MR) is 181 cm³/mol. The van der Waals surface area contributed by atoms with Crippen LogP contribution in [0.3, 0.4) is 0 Å². The minimum Gasteiger partial charge on any atom is -0.480 e. The van der Waals surface area contributed by atoms with Crippen molar-refractivity contribution in [2.24, 2.45) is 5.41 Å². The van der Waals surface area contributed by atoms with Crippen LogP contribution in [0.15, 0.2) is 71.9 Å². The van der Waals surface area contributed by atoms with Gasteiger partial charge in [0.2, 0.25) is 10.0 Å². The highest BCUT2D eigenvalue weighted by Crippen LogP contribution is 2.52. The second kappa shape index (κ2) is 14.1. The molecule has 1 aliphatic carbocycles. The standard InChI is InChI=1S/C36H48N4O6S/c1-8-9-19-36(20-21-36)27-15-13-26(14-16-27)24-39(47(44,45)29-17-22-37-23-18-29)25-28-11-10-12-30(38-28)40(33(43)46-35(5,6)7)31(32(41)42)34(2,3)4/h10-18,22-23,31H,8-9,19-21,24-25H2,1-7H3,(H,41,42). The Kier molecular flexibility index (Phi) is 10.8. The molecular formula is C36H48N4O6S. The molecule has 1 amide bonds. The number of amides is 1. The second-order valence-electron chi connectivity index (χ2n) is 14.5. The zero-order chi connectivity index (χ0) is 34.6. The molecule has 0 saturated heterocycles. The van der Waals surface area contributed by atoms with Crippen LogP contribution in [0.1, 0.15) is 97.4 Å². The normalized spacial score (nSPS) is 15.2. The summed E-state index contributed by atoms with van der Waals surface area (Å²) in [5.74, 6) is -1.17. The van der Waals surface area contributed by atoms with Gasteiger partial charge in [0.25, 0.3) is 0 Å². The van der Waals surface area contributed by atoms with E-state index >= 15 is 0 Å². The van der Waals surface area contributed by atoms with E-state index in [4.69, 9.17) is 4.74 Å². The quantitative estimate of drug-likeness (QED) is 0.201.